The van der Waals surface area contributed by atoms with E-state index in [-0.39, 0.29) is 18.1 Å². The van der Waals surface area contributed by atoms with Crippen molar-refractivity contribution in [2.75, 3.05) is 18.5 Å². The Morgan fingerprint density at radius 2 is 2.08 bits per heavy atom. The number of nitrogens with one attached hydrogen (secondary N) is 2. The first-order valence-electron chi connectivity index (χ1n) is 8.43. The van der Waals surface area contributed by atoms with E-state index in [1.54, 1.807) is 6.20 Å². The fourth-order valence-electron chi connectivity index (χ4n) is 2.91. The molecule has 1 saturated carbocycles. The van der Waals surface area contributed by atoms with Gasteiger partial charge in [0.05, 0.1) is 18.9 Å². The molecule has 126 valence electrons. The Kier molecular flexibility index (Phi) is 4.08. The summed E-state index contributed by atoms with van der Waals surface area (Å²) in [5.74, 6) is 2.03. The Morgan fingerprint density at radius 3 is 2.79 bits per heavy atom. The molecule has 2 atom stereocenters. The second-order valence-corrected chi connectivity index (χ2v) is 6.41. The molecule has 1 amide bonds. The number of hydrogen-bond donors (Lipinski definition) is 2. The molecular formula is C18H21N3O3. The first-order chi connectivity index (χ1) is 11.7. The molecule has 2 N–H and O–H groups in total. The number of hydrogen-bond acceptors (Lipinski definition) is 5. The van der Waals surface area contributed by atoms with E-state index in [9.17, 15) is 4.79 Å². The lowest BCUT2D eigenvalue weighted by Crippen LogP contribution is -2.53. The molecule has 0 spiro atoms. The number of carbonyl (C=O) groups excluding carboxylic acids is 1. The maximum Gasteiger partial charge on any atom is 0.244 e. The topological polar surface area (TPSA) is 76.4 Å². The number of aromatic nitrogens is 1. The van der Waals surface area contributed by atoms with Gasteiger partial charge in [-0.25, -0.2) is 4.98 Å². The van der Waals surface area contributed by atoms with E-state index in [4.69, 9.17) is 9.15 Å². The van der Waals surface area contributed by atoms with Gasteiger partial charge in [-0.15, -0.1) is 0 Å². The van der Waals surface area contributed by atoms with Crippen molar-refractivity contribution >= 4 is 11.6 Å². The Bertz CT molecular complexity index is 721. The lowest BCUT2D eigenvalue weighted by atomic mass is 10.1. The minimum Gasteiger partial charge on any atom is -0.440 e. The van der Waals surface area contributed by atoms with Crippen molar-refractivity contribution in [1.82, 2.24) is 10.3 Å². The van der Waals surface area contributed by atoms with Gasteiger partial charge in [-0.2, -0.15) is 0 Å². The molecule has 1 aliphatic carbocycles. The van der Waals surface area contributed by atoms with E-state index in [1.807, 2.05) is 31.2 Å². The smallest absolute Gasteiger partial charge is 0.244 e. The van der Waals surface area contributed by atoms with E-state index in [1.165, 1.54) is 12.8 Å². The molecule has 2 heterocycles. The van der Waals surface area contributed by atoms with Crippen molar-refractivity contribution in [2.45, 2.75) is 37.8 Å². The largest absolute Gasteiger partial charge is 0.440 e. The molecule has 2 fully saturated rings. The van der Waals surface area contributed by atoms with E-state index in [0.29, 0.717) is 19.1 Å². The van der Waals surface area contributed by atoms with Crippen molar-refractivity contribution < 1.29 is 13.9 Å². The van der Waals surface area contributed by atoms with Gasteiger partial charge in [-0.3, -0.25) is 4.79 Å². The summed E-state index contributed by atoms with van der Waals surface area (Å²) in [4.78, 5) is 16.7. The van der Waals surface area contributed by atoms with Crippen LogP contribution in [0.5, 0.6) is 0 Å². The summed E-state index contributed by atoms with van der Waals surface area (Å²) >= 11 is 0. The van der Waals surface area contributed by atoms with Crippen LogP contribution in [0, 0.1) is 0 Å². The van der Waals surface area contributed by atoms with Crippen LogP contribution in [0.1, 0.15) is 31.6 Å². The zero-order chi connectivity index (χ0) is 16.5. The predicted octanol–water partition coefficient (Wildman–Crippen LogP) is 2.53. The molecule has 0 radical (unpaired) electrons. The number of anilines is 1. The number of rotatable bonds is 4. The third-order valence-electron chi connectivity index (χ3n) is 4.49. The summed E-state index contributed by atoms with van der Waals surface area (Å²) in [5, 5.41) is 6.11. The van der Waals surface area contributed by atoms with Crippen LogP contribution >= 0.6 is 0 Å². The molecule has 0 bridgehead atoms. The van der Waals surface area contributed by atoms with E-state index >= 15 is 0 Å². The van der Waals surface area contributed by atoms with Gasteiger partial charge in [-0.1, -0.05) is 0 Å². The molecule has 1 aromatic heterocycles. The van der Waals surface area contributed by atoms with Gasteiger partial charge in [0.15, 0.2) is 11.7 Å². The first-order valence-corrected chi connectivity index (χ1v) is 8.43. The van der Waals surface area contributed by atoms with Gasteiger partial charge < -0.3 is 19.8 Å². The van der Waals surface area contributed by atoms with E-state index in [0.717, 1.165) is 22.9 Å². The highest BCUT2D eigenvalue weighted by atomic mass is 16.5. The second-order valence-electron chi connectivity index (χ2n) is 6.41. The van der Waals surface area contributed by atoms with Crippen molar-refractivity contribution in [2.24, 2.45) is 0 Å². The van der Waals surface area contributed by atoms with Gasteiger partial charge in [0.1, 0.15) is 6.04 Å². The van der Waals surface area contributed by atoms with Crippen LogP contribution in [-0.2, 0) is 9.53 Å². The van der Waals surface area contributed by atoms with Crippen LogP contribution in [0.15, 0.2) is 34.9 Å². The minimum atomic E-state index is -0.325. The van der Waals surface area contributed by atoms with Crippen LogP contribution in [0.25, 0.3) is 11.3 Å². The Morgan fingerprint density at radius 1 is 1.29 bits per heavy atom. The third-order valence-corrected chi connectivity index (χ3v) is 4.49. The maximum atomic E-state index is 12.3. The van der Waals surface area contributed by atoms with Gasteiger partial charge in [0, 0.05) is 23.7 Å². The summed E-state index contributed by atoms with van der Waals surface area (Å²) in [6.45, 7) is 3.23. The van der Waals surface area contributed by atoms with E-state index in [2.05, 4.69) is 15.6 Å². The van der Waals surface area contributed by atoms with Gasteiger partial charge >= 0.3 is 0 Å². The van der Waals surface area contributed by atoms with Crippen molar-refractivity contribution in [1.29, 1.82) is 0 Å². The quantitative estimate of drug-likeness (QED) is 0.902. The SMILES string of the molecule is C[C@H]1OCCN[C@@H]1C(=O)Nc1ccc(-c2cnc(C3CC3)o2)cc1. The second kappa shape index (κ2) is 6.37. The van der Waals surface area contributed by atoms with Crippen molar-refractivity contribution in [3.63, 3.8) is 0 Å². The van der Waals surface area contributed by atoms with Crippen LogP contribution in [0.4, 0.5) is 5.69 Å². The van der Waals surface area contributed by atoms with Crippen LogP contribution < -0.4 is 10.6 Å². The van der Waals surface area contributed by atoms with Crippen molar-refractivity contribution in [3.8, 4) is 11.3 Å². The zero-order valence-corrected chi connectivity index (χ0v) is 13.6. The molecule has 1 saturated heterocycles. The van der Waals surface area contributed by atoms with Gasteiger partial charge in [-0.05, 0) is 44.0 Å². The summed E-state index contributed by atoms with van der Waals surface area (Å²) in [7, 11) is 0. The number of nitrogens with zero attached hydrogens (tertiary/aromatic N) is 1. The average molecular weight is 327 g/mol. The maximum absolute atomic E-state index is 12.3. The lowest BCUT2D eigenvalue weighted by molar-refractivity contribution is -0.123. The lowest BCUT2D eigenvalue weighted by Gasteiger charge is -2.29. The molecule has 1 aromatic carbocycles. The molecule has 6 nitrogen and oxygen atoms in total. The summed E-state index contributed by atoms with van der Waals surface area (Å²) in [6, 6.07) is 7.29. The molecule has 6 heteroatoms. The Balaban J connectivity index is 1.42. The predicted molar refractivity (Wildman–Crippen MR) is 89.7 cm³/mol. The number of amides is 1. The highest BCUT2D eigenvalue weighted by molar-refractivity contribution is 5.95. The number of carbonyl (C=O) groups is 1. The Labute approximate surface area is 140 Å². The van der Waals surface area contributed by atoms with Crippen molar-refractivity contribution in [3.05, 3.63) is 36.4 Å². The number of oxazole rings is 1. The van der Waals surface area contributed by atoms with Crippen LogP contribution in [0.2, 0.25) is 0 Å². The van der Waals surface area contributed by atoms with Crippen LogP contribution in [0.3, 0.4) is 0 Å². The fraction of sp³-hybridized carbons (Fsp3) is 0.444. The molecule has 4 rings (SSSR count). The molecular weight excluding hydrogens is 306 g/mol. The third kappa shape index (κ3) is 3.20. The standard InChI is InChI=1S/C18H21N3O3/c1-11-16(19-8-9-23-11)17(22)21-14-6-4-12(5-7-14)15-10-20-18(24-15)13-2-3-13/h4-7,10-11,13,16,19H,2-3,8-9H2,1H3,(H,21,22)/t11-,16+/m1/s1. The zero-order valence-electron chi connectivity index (χ0n) is 13.6. The monoisotopic (exact) mass is 327 g/mol. The highest BCUT2D eigenvalue weighted by Crippen LogP contribution is 2.40. The first kappa shape index (κ1) is 15.4. The summed E-state index contributed by atoms with van der Waals surface area (Å²) < 4.78 is 11.3. The number of benzene rings is 1. The molecule has 0 unspecified atom stereocenters. The molecule has 1 aliphatic heterocycles. The fourth-order valence-corrected chi connectivity index (χ4v) is 2.91. The molecule has 2 aromatic rings. The van der Waals surface area contributed by atoms with E-state index < -0.39 is 0 Å². The highest BCUT2D eigenvalue weighted by Gasteiger charge is 2.29. The average Bonchev–Trinajstić information content (AvgIpc) is 3.33. The Hall–Kier alpha value is -2.18. The van der Waals surface area contributed by atoms with Crippen LogP contribution in [-0.4, -0.2) is 36.2 Å². The normalized spacial score (nSPS) is 23.9. The van der Waals surface area contributed by atoms with Gasteiger partial charge in [0.2, 0.25) is 5.91 Å². The number of morpholine rings is 1. The van der Waals surface area contributed by atoms with Gasteiger partial charge in [0.25, 0.3) is 0 Å². The number of ether oxygens (including phenoxy) is 1. The molecule has 24 heavy (non-hydrogen) atoms. The minimum absolute atomic E-state index is 0.0781. The summed E-state index contributed by atoms with van der Waals surface area (Å²) in [5.41, 5.74) is 1.71. The molecule has 2 aliphatic rings. The summed E-state index contributed by atoms with van der Waals surface area (Å²) in [6.07, 6.45) is 3.98.